The lowest BCUT2D eigenvalue weighted by atomic mass is 9.26. The highest BCUT2D eigenvalue weighted by atomic mass is 16.3. The van der Waals surface area contributed by atoms with Crippen LogP contribution in [0.1, 0.15) is 92.3 Å². The van der Waals surface area contributed by atoms with Crippen LogP contribution < -0.4 is 21.3 Å². The van der Waals surface area contributed by atoms with Crippen molar-refractivity contribution in [2.75, 3.05) is 4.90 Å². The fourth-order valence-corrected chi connectivity index (χ4v) is 13.1. The number of para-hydroxylation sites is 3. The zero-order valence-electron chi connectivity index (χ0n) is 37.1. The van der Waals surface area contributed by atoms with Gasteiger partial charge >= 0.3 is 0 Å². The van der Waals surface area contributed by atoms with E-state index in [1.807, 2.05) is 0 Å². The highest BCUT2D eigenvalue weighted by molar-refractivity contribution is 6.97. The van der Waals surface area contributed by atoms with E-state index < -0.39 is 5.41 Å². The molecule has 0 fully saturated rings. The Bertz CT molecular complexity index is 3370. The van der Waals surface area contributed by atoms with Gasteiger partial charge in [0.15, 0.2) is 0 Å². The molecule has 0 amide bonds. The minimum atomic E-state index is -0.550. The molecule has 3 heteroatoms. The van der Waals surface area contributed by atoms with Crippen molar-refractivity contribution < 1.29 is 4.42 Å². The highest BCUT2D eigenvalue weighted by Crippen LogP contribution is 2.54. The molecule has 0 bridgehead atoms. The van der Waals surface area contributed by atoms with Crippen molar-refractivity contribution in [3.05, 3.63) is 232 Å². The lowest BCUT2D eigenvalue weighted by Crippen LogP contribution is -2.67. The zero-order valence-corrected chi connectivity index (χ0v) is 37.1. The highest BCUT2D eigenvalue weighted by Gasteiger charge is 2.53. The SMILES string of the molecule is CC1(C)C2=C(CCCC2)N(c2ccc3c(c2)C(C)(C)c2cccc4c2B3c2cc(-c3cccc5c3oc3ccccc35)ccc2C4(c2ccccc2)c2ccccc2)c2ccccc21. The molecule has 1 aliphatic carbocycles. The van der Waals surface area contributed by atoms with Crippen molar-refractivity contribution in [3.63, 3.8) is 0 Å². The summed E-state index contributed by atoms with van der Waals surface area (Å²) in [6, 6.07) is 68.9. The molecule has 2 nitrogen and oxygen atoms in total. The molecular weight excluding hydrogens is 773 g/mol. The van der Waals surface area contributed by atoms with E-state index in [-0.39, 0.29) is 17.5 Å². The van der Waals surface area contributed by atoms with Gasteiger partial charge in [0, 0.05) is 44.2 Å². The average molecular weight is 824 g/mol. The molecule has 0 saturated heterocycles. The molecule has 0 saturated carbocycles. The Morgan fingerprint density at radius 1 is 0.500 bits per heavy atom. The van der Waals surface area contributed by atoms with E-state index in [0.29, 0.717) is 0 Å². The number of anilines is 2. The van der Waals surface area contributed by atoms with E-state index in [0.717, 1.165) is 40.3 Å². The number of benzene rings is 8. The number of rotatable bonds is 4. The quantitative estimate of drug-likeness (QED) is 0.164. The molecule has 13 rings (SSSR count). The van der Waals surface area contributed by atoms with Crippen LogP contribution in [0.15, 0.2) is 198 Å². The molecule has 64 heavy (non-hydrogen) atoms. The smallest absolute Gasteiger partial charge is 0.242 e. The van der Waals surface area contributed by atoms with Crippen molar-refractivity contribution in [1.29, 1.82) is 0 Å². The first-order valence-corrected chi connectivity index (χ1v) is 23.3. The lowest BCUT2D eigenvalue weighted by Gasteiger charge is -2.50. The molecule has 0 radical (unpaired) electrons. The second-order valence-corrected chi connectivity index (χ2v) is 19.8. The molecule has 0 spiro atoms. The molecule has 0 unspecified atom stereocenters. The zero-order chi connectivity index (χ0) is 43.0. The summed E-state index contributed by atoms with van der Waals surface area (Å²) >= 11 is 0. The van der Waals surface area contributed by atoms with E-state index in [1.165, 1.54) is 90.8 Å². The molecule has 3 aliphatic heterocycles. The normalized spacial score (nSPS) is 17.4. The summed E-state index contributed by atoms with van der Waals surface area (Å²) in [5.74, 6) is 0. The number of allylic oxidation sites excluding steroid dienone is 2. The van der Waals surface area contributed by atoms with Crippen LogP contribution in [0.5, 0.6) is 0 Å². The third-order valence-corrected chi connectivity index (χ3v) is 15.9. The number of fused-ring (bicyclic) bond motifs is 8. The summed E-state index contributed by atoms with van der Waals surface area (Å²) in [5, 5.41) is 2.30. The van der Waals surface area contributed by atoms with Crippen molar-refractivity contribution >= 4 is 56.4 Å². The second-order valence-electron chi connectivity index (χ2n) is 19.8. The molecule has 9 aromatic rings. The van der Waals surface area contributed by atoms with Crippen LogP contribution in [-0.2, 0) is 16.2 Å². The minimum absolute atomic E-state index is 0.00584. The monoisotopic (exact) mass is 823 g/mol. The van der Waals surface area contributed by atoms with Gasteiger partial charge in [0.2, 0.25) is 6.71 Å². The van der Waals surface area contributed by atoms with Crippen molar-refractivity contribution in [2.24, 2.45) is 0 Å². The van der Waals surface area contributed by atoms with Crippen LogP contribution >= 0.6 is 0 Å². The third-order valence-electron chi connectivity index (χ3n) is 15.9. The van der Waals surface area contributed by atoms with Gasteiger partial charge in [0.05, 0.1) is 5.41 Å². The van der Waals surface area contributed by atoms with Crippen molar-refractivity contribution in [1.82, 2.24) is 0 Å². The molecular formula is C61H50BNO. The maximum absolute atomic E-state index is 6.72. The van der Waals surface area contributed by atoms with Crippen LogP contribution in [0.25, 0.3) is 33.1 Å². The Morgan fingerprint density at radius 3 is 1.98 bits per heavy atom. The van der Waals surface area contributed by atoms with Crippen LogP contribution in [0.4, 0.5) is 11.4 Å². The van der Waals surface area contributed by atoms with Gasteiger partial charge in [-0.1, -0.05) is 202 Å². The maximum atomic E-state index is 6.72. The Hall–Kier alpha value is -6.84. The number of hydrogen-bond acceptors (Lipinski definition) is 2. The van der Waals surface area contributed by atoms with Gasteiger partial charge in [-0.2, -0.15) is 0 Å². The Morgan fingerprint density at radius 2 is 1.17 bits per heavy atom. The maximum Gasteiger partial charge on any atom is 0.242 e. The average Bonchev–Trinajstić information content (AvgIpc) is 3.73. The fourth-order valence-electron chi connectivity index (χ4n) is 13.1. The molecule has 4 heterocycles. The lowest BCUT2D eigenvalue weighted by molar-refractivity contribution is 0.517. The van der Waals surface area contributed by atoms with Crippen LogP contribution in [0.2, 0.25) is 0 Å². The summed E-state index contributed by atoms with van der Waals surface area (Å²) in [5.41, 5.74) is 22.7. The Kier molecular flexibility index (Phi) is 8.00. The van der Waals surface area contributed by atoms with Crippen LogP contribution in [0.3, 0.4) is 0 Å². The first-order valence-electron chi connectivity index (χ1n) is 23.3. The van der Waals surface area contributed by atoms with E-state index in [1.54, 1.807) is 5.57 Å². The third kappa shape index (κ3) is 4.99. The van der Waals surface area contributed by atoms with Crippen LogP contribution in [0, 0.1) is 0 Å². The van der Waals surface area contributed by atoms with E-state index in [2.05, 4.69) is 215 Å². The summed E-state index contributed by atoms with van der Waals surface area (Å²) in [4.78, 5) is 2.65. The molecule has 1 aromatic heterocycles. The Labute approximate surface area is 377 Å². The van der Waals surface area contributed by atoms with Crippen LogP contribution in [-0.4, -0.2) is 6.71 Å². The summed E-state index contributed by atoms with van der Waals surface area (Å²) < 4.78 is 6.72. The van der Waals surface area contributed by atoms with E-state index in [9.17, 15) is 0 Å². The standard InChI is InChI=1S/C61H50BNO/c1-59(2)47-26-12-14-30-54(47)63(55-31-15-13-27-48(55)59)42-34-36-52-51(38-42)60(3,4)49-28-18-29-50-57(49)62(52)53-37-39(43-24-17-25-45-44-23-11-16-32-56(44)64-58(43)45)33-35-46(53)61(50,40-19-7-5-8-20-40)41-21-9-6-10-22-41/h5-12,14,16-26,28-30,32-38H,13,15,27,31H2,1-4H3. The van der Waals surface area contributed by atoms with Crippen molar-refractivity contribution in [2.45, 2.75) is 69.6 Å². The Balaban J connectivity index is 1.10. The summed E-state index contributed by atoms with van der Waals surface area (Å²) in [7, 11) is 0. The van der Waals surface area contributed by atoms with Gasteiger partial charge in [0.1, 0.15) is 11.2 Å². The van der Waals surface area contributed by atoms with Gasteiger partial charge in [-0.3, -0.25) is 0 Å². The van der Waals surface area contributed by atoms with Gasteiger partial charge in [-0.15, -0.1) is 0 Å². The van der Waals surface area contributed by atoms with Crippen molar-refractivity contribution in [3.8, 4) is 11.1 Å². The number of hydrogen-bond donors (Lipinski definition) is 0. The minimum Gasteiger partial charge on any atom is -0.455 e. The first kappa shape index (κ1) is 37.7. The topological polar surface area (TPSA) is 16.4 Å². The second kappa shape index (κ2) is 13.6. The molecule has 8 aromatic carbocycles. The first-order chi connectivity index (χ1) is 31.3. The van der Waals surface area contributed by atoms with Gasteiger partial charge in [0.25, 0.3) is 0 Å². The number of nitrogens with zero attached hydrogens (tertiary/aromatic N) is 1. The van der Waals surface area contributed by atoms with Gasteiger partial charge < -0.3 is 9.32 Å². The molecule has 4 aliphatic rings. The number of furan rings is 1. The van der Waals surface area contributed by atoms with E-state index in [4.69, 9.17) is 4.42 Å². The predicted molar refractivity (Wildman–Crippen MR) is 268 cm³/mol. The molecule has 0 atom stereocenters. The van der Waals surface area contributed by atoms with Gasteiger partial charge in [-0.25, -0.2) is 0 Å². The van der Waals surface area contributed by atoms with Gasteiger partial charge in [-0.05, 0) is 100 Å². The molecule has 308 valence electrons. The fraction of sp³-hybridized carbons (Fsp3) is 0.180. The summed E-state index contributed by atoms with van der Waals surface area (Å²) in [6.45, 7) is 9.86. The van der Waals surface area contributed by atoms with E-state index >= 15 is 0 Å². The summed E-state index contributed by atoms with van der Waals surface area (Å²) in [6.07, 6.45) is 4.76. The largest absolute Gasteiger partial charge is 0.455 e. The predicted octanol–water partition coefficient (Wildman–Crippen LogP) is 13.4. The molecule has 0 N–H and O–H groups in total.